The smallest absolute Gasteiger partial charge is 0.121 e. The average molecular weight is 278 g/mol. The largest absolute Gasteiger partial charge is 0.493 e. The van der Waals surface area contributed by atoms with Crippen molar-refractivity contribution in [3.05, 3.63) is 24.3 Å². The van der Waals surface area contributed by atoms with Crippen LogP contribution in [0, 0.1) is 5.92 Å². The predicted octanol–water partition coefficient (Wildman–Crippen LogP) is 3.55. The van der Waals surface area contributed by atoms with Gasteiger partial charge in [0.25, 0.3) is 0 Å². The zero-order chi connectivity index (χ0) is 14.8. The van der Waals surface area contributed by atoms with Gasteiger partial charge >= 0.3 is 0 Å². The van der Waals surface area contributed by atoms with E-state index in [1.54, 1.807) is 0 Å². The standard InChI is InChI=1S/C17H30N2O/c1-5-19(6-2)16-9-7-10-17(13-16)20-12-8-11-18-14-15(3)4/h7,9-10,13,15,18H,5-6,8,11-12,14H2,1-4H3. The fourth-order valence-corrected chi connectivity index (χ4v) is 2.14. The Morgan fingerprint density at radius 3 is 2.60 bits per heavy atom. The third-order valence-electron chi connectivity index (χ3n) is 3.27. The average Bonchev–Trinajstić information content (AvgIpc) is 2.44. The molecular weight excluding hydrogens is 248 g/mol. The van der Waals surface area contributed by atoms with Crippen molar-refractivity contribution in [3.8, 4) is 5.75 Å². The first kappa shape index (κ1) is 16.8. The highest BCUT2D eigenvalue weighted by Gasteiger charge is 2.03. The number of nitrogens with zero attached hydrogens (tertiary/aromatic N) is 1. The predicted molar refractivity (Wildman–Crippen MR) is 87.8 cm³/mol. The molecule has 20 heavy (non-hydrogen) atoms. The lowest BCUT2D eigenvalue weighted by Gasteiger charge is -2.21. The number of anilines is 1. The highest BCUT2D eigenvalue weighted by molar-refractivity contribution is 5.50. The van der Waals surface area contributed by atoms with E-state index in [0.717, 1.165) is 45.0 Å². The molecule has 3 nitrogen and oxygen atoms in total. The first-order valence-corrected chi connectivity index (χ1v) is 7.85. The number of nitrogens with one attached hydrogen (secondary N) is 1. The normalized spacial score (nSPS) is 10.8. The molecule has 0 aromatic heterocycles. The molecule has 1 aromatic carbocycles. The van der Waals surface area contributed by atoms with Crippen molar-refractivity contribution in [1.82, 2.24) is 5.32 Å². The van der Waals surface area contributed by atoms with Gasteiger partial charge in [-0.3, -0.25) is 0 Å². The van der Waals surface area contributed by atoms with E-state index in [2.05, 4.69) is 56.1 Å². The first-order chi connectivity index (χ1) is 9.67. The number of rotatable bonds is 10. The number of ether oxygens (including phenoxy) is 1. The quantitative estimate of drug-likeness (QED) is 0.662. The molecule has 0 amide bonds. The van der Waals surface area contributed by atoms with E-state index in [9.17, 15) is 0 Å². The summed E-state index contributed by atoms with van der Waals surface area (Å²) in [5.74, 6) is 1.68. The van der Waals surface area contributed by atoms with E-state index < -0.39 is 0 Å². The summed E-state index contributed by atoms with van der Waals surface area (Å²) in [6, 6.07) is 8.38. The Kier molecular flexibility index (Phi) is 8.12. The number of hydrogen-bond acceptors (Lipinski definition) is 3. The molecule has 0 unspecified atom stereocenters. The molecule has 0 radical (unpaired) electrons. The molecular formula is C17H30N2O. The summed E-state index contributed by atoms with van der Waals surface area (Å²) in [7, 11) is 0. The van der Waals surface area contributed by atoms with E-state index in [1.165, 1.54) is 5.69 Å². The number of benzene rings is 1. The Labute approximate surface area is 124 Å². The van der Waals surface area contributed by atoms with Crippen LogP contribution in [0.3, 0.4) is 0 Å². The van der Waals surface area contributed by atoms with Gasteiger partial charge in [-0.15, -0.1) is 0 Å². The fraction of sp³-hybridized carbons (Fsp3) is 0.647. The Hall–Kier alpha value is -1.22. The lowest BCUT2D eigenvalue weighted by atomic mass is 10.2. The summed E-state index contributed by atoms with van der Waals surface area (Å²) < 4.78 is 5.83. The third-order valence-corrected chi connectivity index (χ3v) is 3.27. The van der Waals surface area contributed by atoms with E-state index in [0.29, 0.717) is 5.92 Å². The van der Waals surface area contributed by atoms with Crippen molar-refractivity contribution in [2.24, 2.45) is 5.92 Å². The van der Waals surface area contributed by atoms with Gasteiger partial charge in [0.15, 0.2) is 0 Å². The van der Waals surface area contributed by atoms with Crippen LogP contribution in [0.15, 0.2) is 24.3 Å². The molecule has 0 saturated heterocycles. The summed E-state index contributed by atoms with van der Waals surface area (Å²) in [6.45, 7) is 13.7. The molecule has 3 heteroatoms. The van der Waals surface area contributed by atoms with Crippen LogP contribution in [0.5, 0.6) is 5.75 Å². The molecule has 0 fully saturated rings. The Morgan fingerprint density at radius 2 is 1.95 bits per heavy atom. The zero-order valence-electron chi connectivity index (χ0n) is 13.5. The summed E-state index contributed by atoms with van der Waals surface area (Å²) in [5, 5.41) is 3.43. The Bertz CT molecular complexity index is 362. The van der Waals surface area contributed by atoms with Gasteiger partial charge in [-0.1, -0.05) is 19.9 Å². The van der Waals surface area contributed by atoms with Crippen LogP contribution < -0.4 is 15.0 Å². The van der Waals surface area contributed by atoms with Gasteiger partial charge in [-0.2, -0.15) is 0 Å². The van der Waals surface area contributed by atoms with E-state index in [-0.39, 0.29) is 0 Å². The van der Waals surface area contributed by atoms with Gasteiger partial charge in [0.05, 0.1) is 6.61 Å². The molecule has 0 atom stereocenters. The summed E-state index contributed by atoms with van der Waals surface area (Å²) in [6.07, 6.45) is 1.04. The second kappa shape index (κ2) is 9.65. The van der Waals surface area contributed by atoms with Crippen LogP contribution in [0.2, 0.25) is 0 Å². The highest BCUT2D eigenvalue weighted by atomic mass is 16.5. The number of hydrogen-bond donors (Lipinski definition) is 1. The molecule has 0 saturated carbocycles. The van der Waals surface area contributed by atoms with Gasteiger partial charge in [0, 0.05) is 24.8 Å². The Balaban J connectivity index is 2.32. The maximum absolute atomic E-state index is 5.83. The summed E-state index contributed by atoms with van der Waals surface area (Å²) >= 11 is 0. The van der Waals surface area contributed by atoms with Crippen molar-refractivity contribution >= 4 is 5.69 Å². The molecule has 0 aliphatic carbocycles. The summed E-state index contributed by atoms with van der Waals surface area (Å²) in [4.78, 5) is 2.33. The van der Waals surface area contributed by atoms with Crippen LogP contribution in [-0.4, -0.2) is 32.8 Å². The van der Waals surface area contributed by atoms with Gasteiger partial charge < -0.3 is 15.0 Å². The van der Waals surface area contributed by atoms with Crippen molar-refractivity contribution < 1.29 is 4.74 Å². The third kappa shape index (κ3) is 6.29. The molecule has 0 aliphatic heterocycles. The topological polar surface area (TPSA) is 24.5 Å². The van der Waals surface area contributed by atoms with Gasteiger partial charge in [-0.05, 0) is 51.4 Å². The van der Waals surface area contributed by atoms with Crippen LogP contribution >= 0.6 is 0 Å². The molecule has 114 valence electrons. The van der Waals surface area contributed by atoms with Gasteiger partial charge in [-0.25, -0.2) is 0 Å². The monoisotopic (exact) mass is 278 g/mol. The maximum atomic E-state index is 5.83. The van der Waals surface area contributed by atoms with Crippen molar-refractivity contribution in [2.75, 3.05) is 37.7 Å². The first-order valence-electron chi connectivity index (χ1n) is 7.85. The molecule has 1 N–H and O–H groups in total. The molecule has 1 aromatic rings. The highest BCUT2D eigenvalue weighted by Crippen LogP contribution is 2.21. The molecule has 0 heterocycles. The minimum absolute atomic E-state index is 0.710. The second-order valence-corrected chi connectivity index (χ2v) is 5.47. The molecule has 0 aliphatic rings. The zero-order valence-corrected chi connectivity index (χ0v) is 13.5. The minimum Gasteiger partial charge on any atom is -0.493 e. The molecule has 0 spiro atoms. The van der Waals surface area contributed by atoms with Crippen molar-refractivity contribution in [1.29, 1.82) is 0 Å². The van der Waals surface area contributed by atoms with Crippen LogP contribution in [0.4, 0.5) is 5.69 Å². The second-order valence-electron chi connectivity index (χ2n) is 5.47. The van der Waals surface area contributed by atoms with Gasteiger partial charge in [0.2, 0.25) is 0 Å². The van der Waals surface area contributed by atoms with Crippen molar-refractivity contribution in [2.45, 2.75) is 34.1 Å². The van der Waals surface area contributed by atoms with Crippen LogP contribution in [0.1, 0.15) is 34.1 Å². The van der Waals surface area contributed by atoms with Gasteiger partial charge in [0.1, 0.15) is 5.75 Å². The lowest BCUT2D eigenvalue weighted by Crippen LogP contribution is -2.22. The van der Waals surface area contributed by atoms with Crippen LogP contribution in [0.25, 0.3) is 0 Å². The van der Waals surface area contributed by atoms with E-state index in [1.807, 2.05) is 6.07 Å². The lowest BCUT2D eigenvalue weighted by molar-refractivity contribution is 0.307. The fourth-order valence-electron chi connectivity index (χ4n) is 2.14. The summed E-state index contributed by atoms with van der Waals surface area (Å²) in [5.41, 5.74) is 1.24. The Morgan fingerprint density at radius 1 is 1.20 bits per heavy atom. The maximum Gasteiger partial charge on any atom is 0.121 e. The van der Waals surface area contributed by atoms with E-state index in [4.69, 9.17) is 4.74 Å². The SMILES string of the molecule is CCN(CC)c1cccc(OCCCNCC(C)C)c1. The van der Waals surface area contributed by atoms with E-state index >= 15 is 0 Å². The molecule has 0 bridgehead atoms. The molecule has 1 rings (SSSR count). The van der Waals surface area contributed by atoms with Crippen LogP contribution in [-0.2, 0) is 0 Å². The van der Waals surface area contributed by atoms with Crippen molar-refractivity contribution in [3.63, 3.8) is 0 Å². The minimum atomic E-state index is 0.710.